The molecule has 1 saturated heterocycles. The van der Waals surface area contributed by atoms with Gasteiger partial charge in [-0.15, -0.1) is 0 Å². The van der Waals surface area contributed by atoms with Crippen LogP contribution in [0.2, 0.25) is 0 Å². The van der Waals surface area contributed by atoms with Gasteiger partial charge < -0.3 is 10.2 Å². The van der Waals surface area contributed by atoms with Crippen LogP contribution in [0.1, 0.15) is 18.1 Å². The zero-order chi connectivity index (χ0) is 22.0. The molecule has 0 aromatic heterocycles. The number of sulfone groups is 1. The standard InChI is InChI=1S/C18H27N3O6S2/c1-13-5-6-16(11-14(13)2)29(26,27)20(4)12-17(22)19-15(3)18(23)21-7-9-28(24,25)10-8-21/h5-6,11,15H,7-10,12H2,1-4H3,(H,19,22). The number of hydrogen-bond acceptors (Lipinski definition) is 6. The van der Waals surface area contributed by atoms with Crippen LogP contribution in [0.5, 0.6) is 0 Å². The highest BCUT2D eigenvalue weighted by atomic mass is 32.2. The number of sulfonamides is 1. The van der Waals surface area contributed by atoms with Gasteiger partial charge in [-0.3, -0.25) is 9.59 Å². The molecule has 2 amide bonds. The largest absolute Gasteiger partial charge is 0.343 e. The van der Waals surface area contributed by atoms with Crippen LogP contribution in [0.15, 0.2) is 23.1 Å². The molecule has 1 unspecified atom stereocenters. The molecule has 11 heteroatoms. The van der Waals surface area contributed by atoms with Crippen molar-refractivity contribution in [1.82, 2.24) is 14.5 Å². The van der Waals surface area contributed by atoms with Crippen LogP contribution in [0.4, 0.5) is 0 Å². The molecule has 0 bridgehead atoms. The first-order valence-electron chi connectivity index (χ1n) is 9.15. The molecule has 162 valence electrons. The van der Waals surface area contributed by atoms with Crippen molar-refractivity contribution >= 4 is 31.7 Å². The zero-order valence-electron chi connectivity index (χ0n) is 17.0. The Balaban J connectivity index is 1.96. The van der Waals surface area contributed by atoms with Gasteiger partial charge in [0.25, 0.3) is 0 Å². The van der Waals surface area contributed by atoms with Crippen LogP contribution in [0, 0.1) is 13.8 Å². The van der Waals surface area contributed by atoms with Crippen molar-refractivity contribution in [3.05, 3.63) is 29.3 Å². The molecule has 1 heterocycles. The van der Waals surface area contributed by atoms with Crippen molar-refractivity contribution in [2.75, 3.05) is 38.2 Å². The number of benzene rings is 1. The minimum absolute atomic E-state index is 0.0857. The molecule has 0 saturated carbocycles. The smallest absolute Gasteiger partial charge is 0.244 e. The Morgan fingerprint density at radius 2 is 1.76 bits per heavy atom. The number of carbonyl (C=O) groups excluding carboxylic acids is 2. The Morgan fingerprint density at radius 1 is 1.17 bits per heavy atom. The monoisotopic (exact) mass is 445 g/mol. The van der Waals surface area contributed by atoms with E-state index in [9.17, 15) is 26.4 Å². The third-order valence-corrected chi connectivity index (χ3v) is 8.37. The molecule has 1 aromatic rings. The Kier molecular flexibility index (Phi) is 7.07. The first kappa shape index (κ1) is 23.3. The molecule has 1 aromatic carbocycles. The van der Waals surface area contributed by atoms with Gasteiger partial charge in [0.2, 0.25) is 21.8 Å². The van der Waals surface area contributed by atoms with E-state index < -0.39 is 44.3 Å². The average molecular weight is 446 g/mol. The molecular formula is C18H27N3O6S2. The second-order valence-corrected chi connectivity index (χ2v) is 11.6. The Morgan fingerprint density at radius 3 is 2.31 bits per heavy atom. The van der Waals surface area contributed by atoms with Crippen molar-refractivity contribution in [1.29, 1.82) is 0 Å². The van der Waals surface area contributed by atoms with Crippen LogP contribution in [0.3, 0.4) is 0 Å². The van der Waals surface area contributed by atoms with Gasteiger partial charge in [0.15, 0.2) is 9.84 Å². The van der Waals surface area contributed by atoms with Crippen LogP contribution < -0.4 is 5.32 Å². The molecule has 29 heavy (non-hydrogen) atoms. The average Bonchev–Trinajstić information content (AvgIpc) is 2.63. The number of amides is 2. The van der Waals surface area contributed by atoms with E-state index in [-0.39, 0.29) is 29.5 Å². The van der Waals surface area contributed by atoms with Crippen molar-refractivity contribution < 1.29 is 26.4 Å². The summed E-state index contributed by atoms with van der Waals surface area (Å²) in [4.78, 5) is 26.2. The fraction of sp³-hybridized carbons (Fsp3) is 0.556. The summed E-state index contributed by atoms with van der Waals surface area (Å²) in [7, 11) is -5.67. The lowest BCUT2D eigenvalue weighted by Gasteiger charge is -2.29. The maximum Gasteiger partial charge on any atom is 0.244 e. The lowest BCUT2D eigenvalue weighted by atomic mass is 10.1. The molecule has 9 nitrogen and oxygen atoms in total. The highest BCUT2D eigenvalue weighted by Crippen LogP contribution is 2.18. The maximum absolute atomic E-state index is 12.7. The fourth-order valence-corrected chi connectivity index (χ4v) is 5.31. The summed E-state index contributed by atoms with van der Waals surface area (Å²) in [6.45, 7) is 4.90. The summed E-state index contributed by atoms with van der Waals surface area (Å²) in [6, 6.07) is 3.86. The van der Waals surface area contributed by atoms with Gasteiger partial charge in [-0.25, -0.2) is 16.8 Å². The van der Waals surface area contributed by atoms with Gasteiger partial charge in [0.05, 0.1) is 22.9 Å². The van der Waals surface area contributed by atoms with Crippen LogP contribution in [-0.4, -0.2) is 82.1 Å². The highest BCUT2D eigenvalue weighted by Gasteiger charge is 2.29. The summed E-state index contributed by atoms with van der Waals surface area (Å²) in [5.74, 6) is -1.22. The van der Waals surface area contributed by atoms with Crippen LogP contribution in [-0.2, 0) is 29.4 Å². The predicted octanol–water partition coefficient (Wildman–Crippen LogP) is -0.314. The van der Waals surface area contributed by atoms with Gasteiger partial charge in [-0.05, 0) is 44.0 Å². The van der Waals surface area contributed by atoms with Gasteiger partial charge >= 0.3 is 0 Å². The van der Waals surface area contributed by atoms with E-state index in [0.717, 1.165) is 15.4 Å². The van der Waals surface area contributed by atoms with Crippen molar-refractivity contribution in [2.24, 2.45) is 0 Å². The fourth-order valence-electron chi connectivity index (χ4n) is 2.90. The predicted molar refractivity (Wildman–Crippen MR) is 109 cm³/mol. The van der Waals surface area contributed by atoms with Gasteiger partial charge in [-0.2, -0.15) is 4.31 Å². The Hall–Kier alpha value is -1.98. The quantitative estimate of drug-likeness (QED) is 0.641. The number of carbonyl (C=O) groups is 2. The summed E-state index contributed by atoms with van der Waals surface area (Å²) in [6.07, 6.45) is 0. The Labute approximate surface area is 172 Å². The van der Waals surface area contributed by atoms with E-state index in [4.69, 9.17) is 0 Å². The molecule has 2 rings (SSSR count). The van der Waals surface area contributed by atoms with E-state index in [1.165, 1.54) is 24.9 Å². The van der Waals surface area contributed by atoms with Crippen LogP contribution in [0.25, 0.3) is 0 Å². The SMILES string of the molecule is Cc1ccc(S(=O)(=O)N(C)CC(=O)NC(C)C(=O)N2CCS(=O)(=O)CC2)cc1C. The molecule has 1 atom stereocenters. The van der Waals surface area contributed by atoms with E-state index >= 15 is 0 Å². The minimum Gasteiger partial charge on any atom is -0.343 e. The Bertz CT molecular complexity index is 990. The second-order valence-electron chi connectivity index (χ2n) is 7.27. The summed E-state index contributed by atoms with van der Waals surface area (Å²) < 4.78 is 49.2. The van der Waals surface area contributed by atoms with E-state index in [2.05, 4.69) is 5.32 Å². The first-order valence-corrected chi connectivity index (χ1v) is 12.4. The molecule has 1 fully saturated rings. The molecule has 0 aliphatic carbocycles. The maximum atomic E-state index is 12.7. The molecule has 0 radical (unpaired) electrons. The second kappa shape index (κ2) is 8.80. The third-order valence-electron chi connectivity index (χ3n) is 4.96. The number of aryl methyl sites for hydroxylation is 2. The highest BCUT2D eigenvalue weighted by molar-refractivity contribution is 7.91. The minimum atomic E-state index is -3.85. The third kappa shape index (κ3) is 5.77. The van der Waals surface area contributed by atoms with Gasteiger partial charge in [-0.1, -0.05) is 6.07 Å². The molecular weight excluding hydrogens is 418 g/mol. The number of nitrogens with zero attached hydrogens (tertiary/aromatic N) is 2. The number of nitrogens with one attached hydrogen (secondary N) is 1. The zero-order valence-corrected chi connectivity index (χ0v) is 18.6. The van der Waals surface area contributed by atoms with Crippen molar-refractivity contribution in [2.45, 2.75) is 31.7 Å². The van der Waals surface area contributed by atoms with Crippen molar-refractivity contribution in [3.63, 3.8) is 0 Å². The molecule has 1 N–H and O–H groups in total. The van der Waals surface area contributed by atoms with Crippen LogP contribution >= 0.6 is 0 Å². The first-order chi connectivity index (χ1) is 13.3. The summed E-state index contributed by atoms with van der Waals surface area (Å²) in [5.41, 5.74) is 1.79. The van der Waals surface area contributed by atoms with Gasteiger partial charge in [0, 0.05) is 20.1 Å². The molecule has 0 spiro atoms. The summed E-state index contributed by atoms with van der Waals surface area (Å²) >= 11 is 0. The lowest BCUT2D eigenvalue weighted by Crippen LogP contribution is -2.53. The summed E-state index contributed by atoms with van der Waals surface area (Å²) in [5, 5.41) is 2.49. The van der Waals surface area contributed by atoms with E-state index in [1.54, 1.807) is 19.1 Å². The van der Waals surface area contributed by atoms with E-state index in [0.29, 0.717) is 0 Å². The number of hydrogen-bond donors (Lipinski definition) is 1. The molecule has 1 aliphatic heterocycles. The topological polar surface area (TPSA) is 121 Å². The van der Waals surface area contributed by atoms with Crippen molar-refractivity contribution in [3.8, 4) is 0 Å². The molecule has 1 aliphatic rings. The lowest BCUT2D eigenvalue weighted by molar-refractivity contribution is -0.135. The van der Waals surface area contributed by atoms with E-state index in [1.807, 2.05) is 6.92 Å². The number of rotatable bonds is 6. The normalized spacial score (nSPS) is 17.8. The number of likely N-dealkylation sites (N-methyl/N-ethyl adjacent to an activating group) is 1. The van der Waals surface area contributed by atoms with Gasteiger partial charge in [0.1, 0.15) is 6.04 Å².